The Morgan fingerprint density at radius 1 is 1.45 bits per heavy atom. The van der Waals surface area contributed by atoms with E-state index in [2.05, 4.69) is 4.98 Å². The molecular weight excluding hydrogens is 295 g/mol. The number of benzene rings is 1. The normalized spacial score (nSPS) is 13.7. The molecule has 108 valence electrons. The SMILES string of the molecule is CC(N)Cn1c(Cl)nc2ccc(C(F)(F)F)cc2c1=O. The van der Waals surface area contributed by atoms with Gasteiger partial charge >= 0.3 is 6.18 Å². The van der Waals surface area contributed by atoms with E-state index >= 15 is 0 Å². The van der Waals surface area contributed by atoms with Crippen molar-refractivity contribution in [2.45, 2.75) is 25.7 Å². The minimum atomic E-state index is -4.52. The number of rotatable bonds is 2. The first kappa shape index (κ1) is 14.8. The Balaban J connectivity index is 2.71. The van der Waals surface area contributed by atoms with Gasteiger partial charge in [0.25, 0.3) is 5.56 Å². The van der Waals surface area contributed by atoms with Crippen LogP contribution in [0.1, 0.15) is 12.5 Å². The summed E-state index contributed by atoms with van der Waals surface area (Å²) in [6, 6.07) is 2.39. The van der Waals surface area contributed by atoms with Gasteiger partial charge in [-0.2, -0.15) is 13.2 Å². The third kappa shape index (κ3) is 2.78. The van der Waals surface area contributed by atoms with Crippen LogP contribution in [0.15, 0.2) is 23.0 Å². The van der Waals surface area contributed by atoms with Gasteiger partial charge in [-0.3, -0.25) is 9.36 Å². The Kier molecular flexibility index (Phi) is 3.75. The third-order valence-corrected chi connectivity index (χ3v) is 2.99. The zero-order valence-corrected chi connectivity index (χ0v) is 11.2. The van der Waals surface area contributed by atoms with E-state index in [0.29, 0.717) is 0 Å². The van der Waals surface area contributed by atoms with E-state index in [4.69, 9.17) is 17.3 Å². The molecule has 4 nitrogen and oxygen atoms in total. The highest BCUT2D eigenvalue weighted by Crippen LogP contribution is 2.30. The van der Waals surface area contributed by atoms with Crippen molar-refractivity contribution in [3.8, 4) is 0 Å². The van der Waals surface area contributed by atoms with Crippen molar-refractivity contribution in [2.75, 3.05) is 0 Å². The number of hydrogen-bond donors (Lipinski definition) is 1. The van der Waals surface area contributed by atoms with Crippen molar-refractivity contribution in [1.82, 2.24) is 9.55 Å². The van der Waals surface area contributed by atoms with Crippen LogP contribution in [0, 0.1) is 0 Å². The lowest BCUT2D eigenvalue weighted by atomic mass is 10.1. The first-order valence-corrected chi connectivity index (χ1v) is 6.11. The number of hydrogen-bond acceptors (Lipinski definition) is 3. The summed E-state index contributed by atoms with van der Waals surface area (Å²) in [5.41, 5.74) is 4.16. The highest BCUT2D eigenvalue weighted by molar-refractivity contribution is 6.28. The van der Waals surface area contributed by atoms with Crippen molar-refractivity contribution in [3.63, 3.8) is 0 Å². The molecule has 0 saturated heterocycles. The Hall–Kier alpha value is -1.60. The summed E-state index contributed by atoms with van der Waals surface area (Å²) in [5.74, 6) is 0. The average molecular weight is 306 g/mol. The van der Waals surface area contributed by atoms with E-state index < -0.39 is 17.3 Å². The summed E-state index contributed by atoms with van der Waals surface area (Å²) in [6.45, 7) is 1.73. The van der Waals surface area contributed by atoms with Gasteiger partial charge < -0.3 is 5.73 Å². The van der Waals surface area contributed by atoms with Crippen LogP contribution < -0.4 is 11.3 Å². The fourth-order valence-electron chi connectivity index (χ4n) is 1.82. The third-order valence-electron chi connectivity index (χ3n) is 2.71. The molecule has 2 N–H and O–H groups in total. The van der Waals surface area contributed by atoms with E-state index in [1.807, 2.05) is 0 Å². The number of fused-ring (bicyclic) bond motifs is 1. The molecule has 1 atom stereocenters. The first-order chi connectivity index (χ1) is 9.20. The van der Waals surface area contributed by atoms with Gasteiger partial charge in [0.15, 0.2) is 0 Å². The maximum Gasteiger partial charge on any atom is 0.416 e. The van der Waals surface area contributed by atoms with Crippen LogP contribution in [0.4, 0.5) is 13.2 Å². The van der Waals surface area contributed by atoms with E-state index in [1.54, 1.807) is 6.92 Å². The second-order valence-corrected chi connectivity index (χ2v) is 4.84. The summed E-state index contributed by atoms with van der Waals surface area (Å²) in [5, 5.41) is -0.232. The van der Waals surface area contributed by atoms with E-state index in [0.717, 1.165) is 22.8 Å². The number of halogens is 4. The van der Waals surface area contributed by atoms with Crippen LogP contribution in [-0.4, -0.2) is 15.6 Å². The molecule has 0 aliphatic heterocycles. The molecule has 20 heavy (non-hydrogen) atoms. The summed E-state index contributed by atoms with van der Waals surface area (Å²) in [6.07, 6.45) is -4.52. The molecule has 1 aromatic heterocycles. The molecule has 8 heteroatoms. The summed E-state index contributed by atoms with van der Waals surface area (Å²) >= 11 is 5.86. The largest absolute Gasteiger partial charge is 0.416 e. The highest BCUT2D eigenvalue weighted by atomic mass is 35.5. The van der Waals surface area contributed by atoms with Gasteiger partial charge in [0.05, 0.1) is 16.5 Å². The molecule has 2 rings (SSSR count). The maximum absolute atomic E-state index is 12.7. The molecular formula is C12H11ClF3N3O. The molecule has 0 fully saturated rings. The predicted octanol–water partition coefficient (Wildman–Crippen LogP) is 2.42. The summed E-state index contributed by atoms with van der Waals surface area (Å²) in [4.78, 5) is 16.1. The Morgan fingerprint density at radius 2 is 2.10 bits per heavy atom. The first-order valence-electron chi connectivity index (χ1n) is 5.73. The highest BCUT2D eigenvalue weighted by Gasteiger charge is 2.31. The smallest absolute Gasteiger partial charge is 0.326 e. The van der Waals surface area contributed by atoms with Crippen molar-refractivity contribution in [3.05, 3.63) is 39.4 Å². The molecule has 1 unspecified atom stereocenters. The Labute approximate surface area is 117 Å². The average Bonchev–Trinajstić information content (AvgIpc) is 2.32. The van der Waals surface area contributed by atoms with Crippen LogP contribution in [-0.2, 0) is 12.7 Å². The maximum atomic E-state index is 12.7. The van der Waals surface area contributed by atoms with Crippen molar-refractivity contribution >= 4 is 22.5 Å². The molecule has 0 spiro atoms. The summed E-state index contributed by atoms with van der Waals surface area (Å²) < 4.78 is 39.1. The molecule has 1 heterocycles. The number of alkyl halides is 3. The molecule has 0 aliphatic carbocycles. The minimum absolute atomic E-state index is 0.0802. The van der Waals surface area contributed by atoms with Crippen molar-refractivity contribution < 1.29 is 13.2 Å². The van der Waals surface area contributed by atoms with Gasteiger partial charge in [0.2, 0.25) is 5.28 Å². The molecule has 0 amide bonds. The monoisotopic (exact) mass is 305 g/mol. The zero-order chi connectivity index (χ0) is 15.1. The quantitative estimate of drug-likeness (QED) is 0.867. The predicted molar refractivity (Wildman–Crippen MR) is 69.7 cm³/mol. The molecule has 1 aromatic carbocycles. The van der Waals surface area contributed by atoms with Crippen LogP contribution in [0.2, 0.25) is 5.28 Å². The second kappa shape index (κ2) is 5.06. The number of nitrogens with two attached hydrogens (primary N) is 1. The molecule has 0 saturated carbocycles. The zero-order valence-electron chi connectivity index (χ0n) is 10.4. The van der Waals surface area contributed by atoms with Gasteiger partial charge in [0.1, 0.15) is 0 Å². The lowest BCUT2D eigenvalue weighted by Crippen LogP contribution is -2.31. The van der Waals surface area contributed by atoms with Crippen molar-refractivity contribution in [1.29, 1.82) is 0 Å². The Morgan fingerprint density at radius 3 is 2.65 bits per heavy atom. The van der Waals surface area contributed by atoms with Gasteiger partial charge in [-0.15, -0.1) is 0 Å². The summed E-state index contributed by atoms with van der Waals surface area (Å²) in [7, 11) is 0. The standard InChI is InChI=1S/C12H11ClF3N3O/c1-6(17)5-19-10(20)8-4-7(12(14,15)16)2-3-9(8)18-11(19)13/h2-4,6H,5,17H2,1H3. The van der Waals surface area contributed by atoms with Gasteiger partial charge in [0, 0.05) is 12.6 Å². The van der Waals surface area contributed by atoms with Gasteiger partial charge in [-0.05, 0) is 36.7 Å². The fourth-order valence-corrected chi connectivity index (χ4v) is 2.05. The fraction of sp³-hybridized carbons (Fsp3) is 0.333. The van der Waals surface area contributed by atoms with Crippen LogP contribution in [0.5, 0.6) is 0 Å². The van der Waals surface area contributed by atoms with Crippen LogP contribution in [0.3, 0.4) is 0 Å². The number of nitrogens with zero attached hydrogens (tertiary/aromatic N) is 2. The van der Waals surface area contributed by atoms with E-state index in [1.165, 1.54) is 0 Å². The lowest BCUT2D eigenvalue weighted by Gasteiger charge is -2.12. The van der Waals surface area contributed by atoms with Gasteiger partial charge in [-0.25, -0.2) is 4.98 Å². The minimum Gasteiger partial charge on any atom is -0.326 e. The van der Waals surface area contributed by atoms with Gasteiger partial charge in [-0.1, -0.05) is 0 Å². The number of aromatic nitrogens is 2. The topological polar surface area (TPSA) is 60.9 Å². The van der Waals surface area contributed by atoms with E-state index in [-0.39, 0.29) is 28.8 Å². The van der Waals surface area contributed by atoms with Crippen molar-refractivity contribution in [2.24, 2.45) is 5.73 Å². The Bertz CT molecular complexity index is 709. The molecule has 0 aliphatic rings. The van der Waals surface area contributed by atoms with Crippen LogP contribution in [0.25, 0.3) is 10.9 Å². The van der Waals surface area contributed by atoms with Crippen LogP contribution >= 0.6 is 11.6 Å². The molecule has 2 aromatic rings. The van der Waals surface area contributed by atoms with E-state index in [9.17, 15) is 18.0 Å². The lowest BCUT2D eigenvalue weighted by molar-refractivity contribution is -0.137. The second-order valence-electron chi connectivity index (χ2n) is 4.50. The molecule has 0 bridgehead atoms. The molecule has 0 radical (unpaired) electrons.